The number of urea groups is 1. The normalized spacial score (nSPS) is 16.4. The minimum Gasteiger partial charge on any atom is -0.388 e. The molecular weight excluding hydrogens is 430 g/mol. The van der Waals surface area contributed by atoms with Gasteiger partial charge >= 0.3 is 6.03 Å². The molecule has 7 nitrogen and oxygen atoms in total. The van der Waals surface area contributed by atoms with Crippen molar-refractivity contribution in [3.05, 3.63) is 71.6 Å². The van der Waals surface area contributed by atoms with E-state index in [4.69, 9.17) is 4.52 Å². The number of piperidine rings is 1. The molecule has 174 valence electrons. The van der Waals surface area contributed by atoms with E-state index >= 15 is 0 Å². The summed E-state index contributed by atoms with van der Waals surface area (Å²) in [7, 11) is 0. The molecule has 0 radical (unpaired) electrons. The molecule has 0 bridgehead atoms. The lowest BCUT2D eigenvalue weighted by molar-refractivity contribution is 0.0637. The second kappa shape index (κ2) is 10.1. The number of nitrogens with one attached hydrogen (secondary N) is 1. The summed E-state index contributed by atoms with van der Waals surface area (Å²) in [6.07, 6.45) is -0.128. The zero-order valence-corrected chi connectivity index (χ0v) is 18.2. The Kier molecular flexibility index (Phi) is 6.98. The Bertz CT molecular complexity index is 1080. The minimum atomic E-state index is -1.11. The van der Waals surface area contributed by atoms with Crippen molar-refractivity contribution in [1.29, 1.82) is 0 Å². The first-order valence-electron chi connectivity index (χ1n) is 11.0. The van der Waals surface area contributed by atoms with E-state index in [1.165, 1.54) is 0 Å². The van der Waals surface area contributed by atoms with E-state index in [1.54, 1.807) is 4.90 Å². The maximum Gasteiger partial charge on any atom is 0.317 e. The number of nitrogens with zero attached hydrogens (tertiary/aromatic N) is 3. The third-order valence-electron chi connectivity index (χ3n) is 6.00. The molecule has 9 heteroatoms. The largest absolute Gasteiger partial charge is 0.388 e. The summed E-state index contributed by atoms with van der Waals surface area (Å²) in [5.74, 6) is -0.705. The van der Waals surface area contributed by atoms with Gasteiger partial charge in [-0.05, 0) is 37.0 Å². The van der Waals surface area contributed by atoms with Crippen LogP contribution < -0.4 is 5.32 Å². The summed E-state index contributed by atoms with van der Waals surface area (Å²) < 4.78 is 32.8. The summed E-state index contributed by atoms with van der Waals surface area (Å²) in [6.45, 7) is 3.04. The average molecular weight is 456 g/mol. The Morgan fingerprint density at radius 2 is 1.94 bits per heavy atom. The number of hydrogen-bond acceptors (Lipinski definition) is 5. The molecule has 2 N–H and O–H groups in total. The summed E-state index contributed by atoms with van der Waals surface area (Å²) in [6, 6.07) is 12.3. The topological polar surface area (TPSA) is 91.5 Å². The fraction of sp³-hybridized carbons (Fsp3) is 0.375. The van der Waals surface area contributed by atoms with Crippen molar-refractivity contribution in [3.63, 3.8) is 0 Å². The average Bonchev–Trinajstić information content (AvgIpc) is 3.34. The molecule has 3 aromatic rings. The van der Waals surface area contributed by atoms with Crippen LogP contribution in [0.2, 0.25) is 0 Å². The number of amides is 2. The molecule has 0 aliphatic carbocycles. The lowest BCUT2D eigenvalue weighted by Crippen LogP contribution is -2.46. The number of hydrogen-bond donors (Lipinski definition) is 2. The first-order valence-corrected chi connectivity index (χ1v) is 11.0. The highest BCUT2D eigenvalue weighted by Crippen LogP contribution is 2.32. The second-order valence-corrected chi connectivity index (χ2v) is 8.34. The Hall–Kier alpha value is -3.33. The van der Waals surface area contributed by atoms with Gasteiger partial charge in [0.15, 0.2) is 0 Å². The number of rotatable bonds is 6. The fourth-order valence-electron chi connectivity index (χ4n) is 3.99. The Labute approximate surface area is 190 Å². The molecule has 2 heterocycles. The maximum atomic E-state index is 14.0. The van der Waals surface area contributed by atoms with Gasteiger partial charge in [0, 0.05) is 30.8 Å². The van der Waals surface area contributed by atoms with E-state index in [-0.39, 0.29) is 23.4 Å². The molecule has 33 heavy (non-hydrogen) atoms. The monoisotopic (exact) mass is 456 g/mol. The number of carbonyl (C=O) groups excluding carboxylic acids is 1. The summed E-state index contributed by atoms with van der Waals surface area (Å²) >= 11 is 0. The Morgan fingerprint density at radius 1 is 1.21 bits per heavy atom. The number of halogens is 2. The van der Waals surface area contributed by atoms with Crippen molar-refractivity contribution in [2.24, 2.45) is 5.92 Å². The van der Waals surface area contributed by atoms with Gasteiger partial charge in [-0.2, -0.15) is 4.98 Å². The predicted molar refractivity (Wildman–Crippen MR) is 117 cm³/mol. The lowest BCUT2D eigenvalue weighted by atomic mass is 9.87. The number of benzene rings is 2. The van der Waals surface area contributed by atoms with Crippen molar-refractivity contribution in [1.82, 2.24) is 20.4 Å². The molecule has 2 aromatic carbocycles. The van der Waals surface area contributed by atoms with Gasteiger partial charge in [-0.3, -0.25) is 0 Å². The Morgan fingerprint density at radius 3 is 2.67 bits per heavy atom. The molecule has 1 aromatic heterocycles. The van der Waals surface area contributed by atoms with E-state index in [0.717, 1.165) is 23.8 Å². The van der Waals surface area contributed by atoms with Gasteiger partial charge in [-0.25, -0.2) is 13.6 Å². The van der Waals surface area contributed by atoms with Crippen LogP contribution >= 0.6 is 0 Å². The molecule has 2 amide bonds. The van der Waals surface area contributed by atoms with Gasteiger partial charge in [-0.15, -0.1) is 0 Å². The van der Waals surface area contributed by atoms with Gasteiger partial charge in [-0.1, -0.05) is 42.4 Å². The lowest BCUT2D eigenvalue weighted by Gasteiger charge is -2.34. The van der Waals surface area contributed by atoms with Crippen LogP contribution in [0.25, 0.3) is 11.4 Å². The summed E-state index contributed by atoms with van der Waals surface area (Å²) in [5, 5.41) is 17.4. The third-order valence-corrected chi connectivity index (χ3v) is 6.00. The van der Waals surface area contributed by atoms with Crippen LogP contribution in [0, 0.1) is 17.6 Å². The number of aliphatic hydroxyl groups excluding tert-OH is 1. The Balaban J connectivity index is 1.26. The third kappa shape index (κ3) is 5.36. The highest BCUT2D eigenvalue weighted by atomic mass is 19.1. The van der Waals surface area contributed by atoms with E-state index < -0.39 is 17.7 Å². The van der Waals surface area contributed by atoms with E-state index in [1.807, 2.05) is 37.3 Å². The first-order chi connectivity index (χ1) is 15.9. The molecule has 1 saturated heterocycles. The molecule has 1 aliphatic rings. The molecule has 2 atom stereocenters. The molecule has 1 fully saturated rings. The van der Waals surface area contributed by atoms with Crippen LogP contribution in [0.3, 0.4) is 0 Å². The molecule has 2 unspecified atom stereocenters. The van der Waals surface area contributed by atoms with Crippen molar-refractivity contribution in [2.75, 3.05) is 19.6 Å². The van der Waals surface area contributed by atoms with Gasteiger partial charge in [0.05, 0.1) is 12.0 Å². The first kappa shape index (κ1) is 22.8. The summed E-state index contributed by atoms with van der Waals surface area (Å²) in [5.41, 5.74) is 0.813. The van der Waals surface area contributed by atoms with Crippen molar-refractivity contribution < 1.29 is 23.2 Å². The molecule has 0 saturated carbocycles. The standard InChI is InChI=1S/C24H26F2N4O3/c1-15(23-28-22(29-33-23)17-5-3-2-4-6-17)14-27-24(32)30-11-9-16(10-12-30)21(31)19-13-18(25)7-8-20(19)26/h2-8,13,15-16,21,31H,9-12,14H2,1H3,(H,27,32). The summed E-state index contributed by atoms with van der Waals surface area (Å²) in [4.78, 5) is 18.7. The molecule has 0 spiro atoms. The van der Waals surface area contributed by atoms with E-state index in [0.29, 0.717) is 44.2 Å². The highest BCUT2D eigenvalue weighted by molar-refractivity contribution is 5.74. The molecule has 4 rings (SSSR count). The van der Waals surface area contributed by atoms with Crippen LogP contribution in [-0.4, -0.2) is 45.8 Å². The van der Waals surface area contributed by atoms with Gasteiger partial charge in [0.2, 0.25) is 11.7 Å². The highest BCUT2D eigenvalue weighted by Gasteiger charge is 2.30. The van der Waals surface area contributed by atoms with Crippen molar-refractivity contribution >= 4 is 6.03 Å². The second-order valence-electron chi connectivity index (χ2n) is 8.34. The zero-order chi connectivity index (χ0) is 23.4. The number of likely N-dealkylation sites (tertiary alicyclic amines) is 1. The maximum absolute atomic E-state index is 14.0. The van der Waals surface area contributed by atoms with Gasteiger partial charge in [0.25, 0.3) is 0 Å². The van der Waals surface area contributed by atoms with Crippen molar-refractivity contribution in [3.8, 4) is 11.4 Å². The van der Waals surface area contributed by atoms with Crippen molar-refractivity contribution in [2.45, 2.75) is 31.8 Å². The number of aliphatic hydroxyl groups is 1. The van der Waals surface area contributed by atoms with Gasteiger partial charge in [0.1, 0.15) is 11.6 Å². The minimum absolute atomic E-state index is 0.0406. The van der Waals surface area contributed by atoms with E-state index in [9.17, 15) is 18.7 Å². The van der Waals surface area contributed by atoms with E-state index in [2.05, 4.69) is 15.5 Å². The number of aromatic nitrogens is 2. The quantitative estimate of drug-likeness (QED) is 0.578. The van der Waals surface area contributed by atoms with Crippen LogP contribution in [0.15, 0.2) is 53.1 Å². The molecular formula is C24H26F2N4O3. The van der Waals surface area contributed by atoms with Crippen LogP contribution in [-0.2, 0) is 0 Å². The SMILES string of the molecule is CC(CNC(=O)N1CCC(C(O)c2cc(F)ccc2F)CC1)c1nc(-c2ccccc2)no1. The van der Waals surface area contributed by atoms with Gasteiger partial charge < -0.3 is 19.8 Å². The van der Waals surface area contributed by atoms with Crippen LogP contribution in [0.4, 0.5) is 13.6 Å². The number of carbonyl (C=O) groups is 1. The molecule has 1 aliphatic heterocycles. The van der Waals surface area contributed by atoms with Crippen LogP contribution in [0.1, 0.15) is 43.2 Å². The predicted octanol–water partition coefficient (Wildman–Crippen LogP) is 4.27. The fourth-order valence-corrected chi connectivity index (χ4v) is 3.99. The zero-order valence-electron chi connectivity index (χ0n) is 18.2. The van der Waals surface area contributed by atoms with Crippen LogP contribution in [0.5, 0.6) is 0 Å². The smallest absolute Gasteiger partial charge is 0.317 e.